The molecular formula is C16H19BrN2O. The van der Waals surface area contributed by atoms with Crippen LogP contribution in [0.15, 0.2) is 40.9 Å². The highest BCUT2D eigenvalue weighted by Gasteiger charge is 2.15. The average Bonchev–Trinajstić information content (AvgIpc) is 2.38. The number of carbonyl (C=O) groups is 1. The molecule has 1 amide bonds. The Balaban J connectivity index is 2.13. The predicted molar refractivity (Wildman–Crippen MR) is 87.7 cm³/mol. The molecule has 0 bridgehead atoms. The lowest BCUT2D eigenvalue weighted by Crippen LogP contribution is -2.36. The normalized spacial score (nSPS) is 12.7. The molecule has 0 aliphatic heterocycles. The minimum atomic E-state index is -0.462. The quantitative estimate of drug-likeness (QED) is 0.890. The maximum Gasteiger partial charge on any atom is 0.241 e. The smallest absolute Gasteiger partial charge is 0.241 e. The molecule has 0 aromatic heterocycles. The lowest BCUT2D eigenvalue weighted by atomic mass is 10.0. The summed E-state index contributed by atoms with van der Waals surface area (Å²) in [7, 11) is 0. The van der Waals surface area contributed by atoms with Gasteiger partial charge >= 0.3 is 0 Å². The molecule has 0 unspecified atom stereocenters. The summed E-state index contributed by atoms with van der Waals surface area (Å²) in [6, 6.07) is 11.4. The first-order valence-corrected chi connectivity index (χ1v) is 7.51. The first-order valence-electron chi connectivity index (χ1n) is 6.71. The molecule has 0 saturated carbocycles. The van der Waals surface area contributed by atoms with Crippen LogP contribution in [0, 0.1) is 5.92 Å². The Hall–Kier alpha value is -1.39. The monoisotopic (exact) mass is 334 g/mol. The van der Waals surface area contributed by atoms with Crippen LogP contribution in [-0.4, -0.2) is 11.9 Å². The van der Waals surface area contributed by atoms with Gasteiger partial charge in [0.1, 0.15) is 0 Å². The third-order valence-electron chi connectivity index (χ3n) is 3.13. The maximum atomic E-state index is 12.0. The zero-order chi connectivity index (χ0) is 14.7. The zero-order valence-electron chi connectivity index (χ0n) is 11.7. The van der Waals surface area contributed by atoms with Crippen molar-refractivity contribution in [3.8, 4) is 0 Å². The van der Waals surface area contributed by atoms with Crippen LogP contribution in [0.2, 0.25) is 0 Å². The van der Waals surface area contributed by atoms with Gasteiger partial charge in [0, 0.05) is 10.2 Å². The fourth-order valence-corrected chi connectivity index (χ4v) is 2.52. The van der Waals surface area contributed by atoms with Gasteiger partial charge in [-0.1, -0.05) is 41.9 Å². The van der Waals surface area contributed by atoms with E-state index < -0.39 is 6.04 Å². The van der Waals surface area contributed by atoms with Crippen LogP contribution in [0.4, 0.5) is 5.69 Å². The van der Waals surface area contributed by atoms with Gasteiger partial charge in [-0.25, -0.2) is 0 Å². The number of rotatable bonds is 4. The van der Waals surface area contributed by atoms with E-state index in [1.165, 1.54) is 0 Å². The molecule has 0 saturated heterocycles. The molecule has 0 radical (unpaired) electrons. The molecular weight excluding hydrogens is 316 g/mol. The SMILES string of the molecule is CC(C)C[C@H](N)C(=O)Nc1ccc2cc(Br)ccc2c1. The Bertz CT molecular complexity index is 625. The average molecular weight is 335 g/mol. The van der Waals surface area contributed by atoms with Gasteiger partial charge in [0.05, 0.1) is 6.04 Å². The lowest BCUT2D eigenvalue weighted by Gasteiger charge is -2.14. The number of nitrogens with one attached hydrogen (secondary N) is 1. The van der Waals surface area contributed by atoms with Crippen LogP contribution >= 0.6 is 15.9 Å². The molecule has 0 aliphatic rings. The molecule has 0 spiro atoms. The number of amides is 1. The molecule has 2 rings (SSSR count). The van der Waals surface area contributed by atoms with Gasteiger partial charge < -0.3 is 11.1 Å². The van der Waals surface area contributed by atoms with Gasteiger partial charge in [-0.3, -0.25) is 4.79 Å². The largest absolute Gasteiger partial charge is 0.325 e. The molecule has 3 nitrogen and oxygen atoms in total. The van der Waals surface area contributed by atoms with Gasteiger partial charge in [-0.15, -0.1) is 0 Å². The number of anilines is 1. The number of carbonyl (C=O) groups excluding carboxylic acids is 1. The topological polar surface area (TPSA) is 55.1 Å². The van der Waals surface area contributed by atoms with Crippen molar-refractivity contribution in [1.82, 2.24) is 0 Å². The van der Waals surface area contributed by atoms with Crippen LogP contribution in [0.1, 0.15) is 20.3 Å². The fraction of sp³-hybridized carbons (Fsp3) is 0.312. The molecule has 0 aliphatic carbocycles. The number of nitrogens with two attached hydrogens (primary N) is 1. The second kappa shape index (κ2) is 6.37. The van der Waals surface area contributed by atoms with Crippen LogP contribution < -0.4 is 11.1 Å². The van der Waals surface area contributed by atoms with E-state index >= 15 is 0 Å². The van der Waals surface area contributed by atoms with E-state index in [0.717, 1.165) is 20.9 Å². The van der Waals surface area contributed by atoms with Gasteiger partial charge in [0.2, 0.25) is 5.91 Å². The van der Waals surface area contributed by atoms with Gasteiger partial charge in [-0.2, -0.15) is 0 Å². The Morgan fingerprint density at radius 2 is 1.85 bits per heavy atom. The summed E-state index contributed by atoms with van der Waals surface area (Å²) in [5.41, 5.74) is 6.66. The van der Waals surface area contributed by atoms with E-state index in [2.05, 4.69) is 35.1 Å². The summed E-state index contributed by atoms with van der Waals surface area (Å²) in [6.45, 7) is 4.11. The van der Waals surface area contributed by atoms with Crippen molar-refractivity contribution in [2.45, 2.75) is 26.3 Å². The van der Waals surface area contributed by atoms with Crippen LogP contribution in [-0.2, 0) is 4.79 Å². The molecule has 0 heterocycles. The molecule has 106 valence electrons. The van der Waals surface area contributed by atoms with Crippen molar-refractivity contribution >= 4 is 38.3 Å². The number of fused-ring (bicyclic) bond motifs is 1. The van der Waals surface area contributed by atoms with Crippen molar-refractivity contribution in [3.05, 3.63) is 40.9 Å². The Labute approximate surface area is 127 Å². The summed E-state index contributed by atoms with van der Waals surface area (Å²) in [4.78, 5) is 12.0. The second-order valence-electron chi connectivity index (χ2n) is 5.43. The van der Waals surface area contributed by atoms with Crippen LogP contribution in [0.3, 0.4) is 0 Å². The van der Waals surface area contributed by atoms with Crippen LogP contribution in [0.5, 0.6) is 0 Å². The van der Waals surface area contributed by atoms with Crippen molar-refractivity contribution in [2.75, 3.05) is 5.32 Å². The molecule has 0 fully saturated rings. The minimum absolute atomic E-state index is 0.129. The van der Waals surface area contributed by atoms with Gasteiger partial charge in [0.15, 0.2) is 0 Å². The molecule has 3 N–H and O–H groups in total. The highest BCUT2D eigenvalue weighted by atomic mass is 79.9. The predicted octanol–water partition coefficient (Wildman–Crippen LogP) is 3.91. The van der Waals surface area contributed by atoms with E-state index in [9.17, 15) is 4.79 Å². The third-order valence-corrected chi connectivity index (χ3v) is 3.63. The van der Waals surface area contributed by atoms with Gasteiger partial charge in [-0.05, 0) is 47.4 Å². The number of benzene rings is 2. The van der Waals surface area contributed by atoms with Gasteiger partial charge in [0.25, 0.3) is 0 Å². The molecule has 2 aromatic carbocycles. The minimum Gasteiger partial charge on any atom is -0.325 e. The van der Waals surface area contributed by atoms with Crippen molar-refractivity contribution in [2.24, 2.45) is 11.7 Å². The zero-order valence-corrected chi connectivity index (χ0v) is 13.3. The Morgan fingerprint density at radius 1 is 1.20 bits per heavy atom. The first-order chi connectivity index (χ1) is 9.45. The summed E-state index contributed by atoms with van der Waals surface area (Å²) in [5, 5.41) is 5.09. The number of hydrogen-bond donors (Lipinski definition) is 2. The summed E-state index contributed by atoms with van der Waals surface area (Å²) in [5.74, 6) is 0.278. The number of hydrogen-bond acceptors (Lipinski definition) is 2. The standard InChI is InChI=1S/C16H19BrN2O/c1-10(2)7-15(18)16(20)19-14-6-4-11-8-13(17)5-3-12(11)9-14/h3-6,8-10,15H,7,18H2,1-2H3,(H,19,20)/t15-/m0/s1. The van der Waals surface area contributed by atoms with Crippen molar-refractivity contribution < 1.29 is 4.79 Å². The maximum absolute atomic E-state index is 12.0. The molecule has 20 heavy (non-hydrogen) atoms. The Morgan fingerprint density at radius 3 is 2.55 bits per heavy atom. The van der Waals surface area contributed by atoms with E-state index in [1.54, 1.807) is 0 Å². The van der Waals surface area contributed by atoms with Crippen molar-refractivity contribution in [1.29, 1.82) is 0 Å². The van der Waals surface area contributed by atoms with E-state index in [-0.39, 0.29) is 5.91 Å². The molecule has 2 aromatic rings. The molecule has 1 atom stereocenters. The van der Waals surface area contributed by atoms with E-state index in [0.29, 0.717) is 12.3 Å². The lowest BCUT2D eigenvalue weighted by molar-refractivity contribution is -0.117. The fourth-order valence-electron chi connectivity index (χ4n) is 2.14. The second-order valence-corrected chi connectivity index (χ2v) is 6.35. The third kappa shape index (κ3) is 3.81. The number of halogens is 1. The summed E-state index contributed by atoms with van der Waals surface area (Å²) in [6.07, 6.45) is 0.687. The first kappa shape index (κ1) is 15.0. The van der Waals surface area contributed by atoms with E-state index in [1.807, 2.05) is 36.4 Å². The summed E-state index contributed by atoms with van der Waals surface area (Å²) >= 11 is 3.45. The van der Waals surface area contributed by atoms with Crippen LogP contribution in [0.25, 0.3) is 10.8 Å². The van der Waals surface area contributed by atoms with Crippen molar-refractivity contribution in [3.63, 3.8) is 0 Å². The summed E-state index contributed by atoms with van der Waals surface area (Å²) < 4.78 is 1.04. The van der Waals surface area contributed by atoms with E-state index in [4.69, 9.17) is 5.73 Å². The highest BCUT2D eigenvalue weighted by molar-refractivity contribution is 9.10. The Kier molecular flexibility index (Phi) is 4.78. The molecule has 4 heteroatoms. The highest BCUT2D eigenvalue weighted by Crippen LogP contribution is 2.23.